The van der Waals surface area contributed by atoms with E-state index in [4.69, 9.17) is 16.9 Å². The number of nitrogens with one attached hydrogen (secondary N) is 2. The lowest BCUT2D eigenvalue weighted by Crippen LogP contribution is -1.98. The predicted molar refractivity (Wildman–Crippen MR) is 84.7 cm³/mol. The fourth-order valence-electron chi connectivity index (χ4n) is 2.25. The van der Waals surface area contributed by atoms with Gasteiger partial charge >= 0.3 is 0 Å². The van der Waals surface area contributed by atoms with Crippen molar-refractivity contribution in [3.05, 3.63) is 48.3 Å². The van der Waals surface area contributed by atoms with E-state index in [1.807, 2.05) is 30.5 Å². The maximum atomic E-state index is 7.08. The maximum Gasteiger partial charge on any atom is 0.124 e. The number of hydrogen-bond acceptors (Lipinski definition) is 5. The molecule has 0 aliphatic heterocycles. The Hall–Kier alpha value is -3.15. The number of fused-ring (bicyclic) bond motifs is 1. The van der Waals surface area contributed by atoms with Gasteiger partial charge in [0, 0.05) is 29.1 Å². The van der Waals surface area contributed by atoms with E-state index in [9.17, 15) is 0 Å². The molecule has 6 heteroatoms. The van der Waals surface area contributed by atoms with Crippen LogP contribution in [0.4, 0.5) is 5.82 Å². The summed E-state index contributed by atoms with van der Waals surface area (Å²) < 4.78 is 0. The van der Waals surface area contributed by atoms with Gasteiger partial charge in [-0.3, -0.25) is 5.10 Å². The molecule has 104 valence electrons. The molecule has 0 fully saturated rings. The Morgan fingerprint density at radius 2 is 2.14 bits per heavy atom. The van der Waals surface area contributed by atoms with E-state index in [0.29, 0.717) is 11.5 Å². The first kappa shape index (κ1) is 12.9. The zero-order chi connectivity index (χ0) is 14.8. The molecule has 6 N–H and O–H groups in total. The number of nitrogens with two attached hydrogens (primary N) is 2. The fourth-order valence-corrected chi connectivity index (χ4v) is 2.25. The molecule has 21 heavy (non-hydrogen) atoms. The highest BCUT2D eigenvalue weighted by Crippen LogP contribution is 2.30. The van der Waals surface area contributed by atoms with Crippen LogP contribution < -0.4 is 11.5 Å². The molecule has 2 heterocycles. The Balaban J connectivity index is 2.24. The average Bonchev–Trinajstić information content (AvgIpc) is 3.00. The van der Waals surface area contributed by atoms with Crippen molar-refractivity contribution in [2.24, 2.45) is 5.73 Å². The molecule has 1 aromatic carbocycles. The van der Waals surface area contributed by atoms with E-state index in [1.54, 1.807) is 6.20 Å². The lowest BCUT2D eigenvalue weighted by atomic mass is 10.0. The molecule has 0 aliphatic carbocycles. The summed E-state index contributed by atoms with van der Waals surface area (Å²) in [6.45, 7) is 0. The molecule has 3 rings (SSSR count). The highest BCUT2D eigenvalue weighted by atomic mass is 15.1. The van der Waals surface area contributed by atoms with Crippen molar-refractivity contribution in [3.63, 3.8) is 0 Å². The lowest BCUT2D eigenvalue weighted by Gasteiger charge is -2.08. The summed E-state index contributed by atoms with van der Waals surface area (Å²) in [4.78, 5) is 4.36. The van der Waals surface area contributed by atoms with Crippen LogP contribution in [0.5, 0.6) is 0 Å². The summed E-state index contributed by atoms with van der Waals surface area (Å²) >= 11 is 0. The molecule has 0 saturated carbocycles. The first-order chi connectivity index (χ1) is 10.2. The van der Waals surface area contributed by atoms with Gasteiger partial charge < -0.3 is 16.9 Å². The van der Waals surface area contributed by atoms with Crippen molar-refractivity contribution in [3.8, 4) is 11.1 Å². The topological polar surface area (TPSA) is 117 Å². The summed E-state index contributed by atoms with van der Waals surface area (Å²) in [5, 5.41) is 14.8. The van der Waals surface area contributed by atoms with E-state index in [-0.39, 0.29) is 0 Å². The van der Waals surface area contributed by atoms with Gasteiger partial charge in [-0.2, -0.15) is 5.10 Å². The van der Waals surface area contributed by atoms with Gasteiger partial charge in [0.25, 0.3) is 0 Å². The molecule has 0 radical (unpaired) electrons. The Bertz CT molecular complexity index is 833. The lowest BCUT2D eigenvalue weighted by molar-refractivity contribution is 1.09. The van der Waals surface area contributed by atoms with Crippen molar-refractivity contribution >= 4 is 28.6 Å². The number of benzene rings is 1. The molecule has 0 aliphatic rings. The van der Waals surface area contributed by atoms with Gasteiger partial charge in [0.2, 0.25) is 0 Å². The number of rotatable bonds is 3. The molecule has 0 unspecified atom stereocenters. The van der Waals surface area contributed by atoms with Crippen molar-refractivity contribution in [2.75, 3.05) is 5.73 Å². The Kier molecular flexibility index (Phi) is 3.12. The Morgan fingerprint density at radius 1 is 1.29 bits per heavy atom. The number of allylic oxidation sites excluding steroid dienone is 1. The van der Waals surface area contributed by atoms with Gasteiger partial charge in [-0.25, -0.2) is 4.98 Å². The van der Waals surface area contributed by atoms with Crippen molar-refractivity contribution in [1.82, 2.24) is 15.2 Å². The molecule has 0 atom stereocenters. The molecular formula is C15H14N6. The minimum Gasteiger partial charge on any atom is -0.398 e. The monoisotopic (exact) mass is 278 g/mol. The summed E-state index contributed by atoms with van der Waals surface area (Å²) in [6.07, 6.45) is 6.24. The van der Waals surface area contributed by atoms with E-state index >= 15 is 0 Å². The van der Waals surface area contributed by atoms with Gasteiger partial charge in [-0.1, -0.05) is 12.1 Å². The molecule has 6 nitrogen and oxygen atoms in total. The third-order valence-corrected chi connectivity index (χ3v) is 3.24. The third-order valence-electron chi connectivity index (χ3n) is 3.24. The van der Waals surface area contributed by atoms with Crippen molar-refractivity contribution < 1.29 is 0 Å². The minimum absolute atomic E-state index is 0.436. The number of nitrogen functional groups attached to an aromatic ring is 1. The second kappa shape index (κ2) is 5.09. The second-order valence-corrected chi connectivity index (χ2v) is 4.60. The number of pyridine rings is 1. The van der Waals surface area contributed by atoms with Crippen LogP contribution in [-0.4, -0.2) is 21.4 Å². The van der Waals surface area contributed by atoms with E-state index in [1.165, 1.54) is 6.08 Å². The summed E-state index contributed by atoms with van der Waals surface area (Å²) in [7, 11) is 0. The maximum absolute atomic E-state index is 7.08. The zero-order valence-electron chi connectivity index (χ0n) is 11.2. The third kappa shape index (κ3) is 2.34. The SMILES string of the molecule is N=C/C=C(\N)c1ccc2c(-c3cn[nH]c3)cc(N)nc2c1. The molecule has 3 aromatic rings. The summed E-state index contributed by atoms with van der Waals surface area (Å²) in [5.74, 6) is 0.436. The normalized spacial score (nSPS) is 11.7. The van der Waals surface area contributed by atoms with E-state index < -0.39 is 0 Å². The largest absolute Gasteiger partial charge is 0.398 e. The molecule has 2 aromatic heterocycles. The van der Waals surface area contributed by atoms with E-state index in [0.717, 1.165) is 33.8 Å². The van der Waals surface area contributed by atoms with E-state index in [2.05, 4.69) is 15.2 Å². The van der Waals surface area contributed by atoms with Crippen LogP contribution in [-0.2, 0) is 0 Å². The van der Waals surface area contributed by atoms with Crippen LogP contribution in [0.2, 0.25) is 0 Å². The number of anilines is 1. The van der Waals surface area contributed by atoms with Crippen LogP contribution in [0.15, 0.2) is 42.7 Å². The number of aromatic amines is 1. The van der Waals surface area contributed by atoms with Crippen molar-refractivity contribution in [2.45, 2.75) is 0 Å². The van der Waals surface area contributed by atoms with Gasteiger partial charge in [-0.05, 0) is 29.3 Å². The summed E-state index contributed by atoms with van der Waals surface area (Å²) in [6, 6.07) is 7.54. The van der Waals surface area contributed by atoms with Gasteiger partial charge in [0.1, 0.15) is 5.82 Å². The molecule has 0 spiro atoms. The van der Waals surface area contributed by atoms with Crippen LogP contribution in [0.3, 0.4) is 0 Å². The number of hydrogen-bond donors (Lipinski definition) is 4. The van der Waals surface area contributed by atoms with Crippen molar-refractivity contribution in [1.29, 1.82) is 5.41 Å². The Morgan fingerprint density at radius 3 is 2.86 bits per heavy atom. The molecular weight excluding hydrogens is 264 g/mol. The molecule has 0 saturated heterocycles. The Labute approximate surface area is 121 Å². The number of aromatic nitrogens is 3. The highest BCUT2D eigenvalue weighted by Gasteiger charge is 2.09. The average molecular weight is 278 g/mol. The zero-order valence-corrected chi connectivity index (χ0v) is 11.2. The quantitative estimate of drug-likeness (QED) is 0.549. The predicted octanol–water partition coefficient (Wildman–Crippen LogP) is 2.16. The van der Waals surface area contributed by atoms with Crippen LogP contribution in [0, 0.1) is 5.41 Å². The molecule has 0 amide bonds. The van der Waals surface area contributed by atoms with Gasteiger partial charge in [-0.15, -0.1) is 0 Å². The highest BCUT2D eigenvalue weighted by molar-refractivity contribution is 5.97. The van der Waals surface area contributed by atoms with Gasteiger partial charge in [0.15, 0.2) is 0 Å². The number of H-pyrrole nitrogens is 1. The fraction of sp³-hybridized carbons (Fsp3) is 0. The standard InChI is InChI=1S/C15H14N6/c16-4-3-13(17)9-1-2-11-12(10-7-19-20-8-10)6-15(18)21-14(11)5-9/h1-8,16H,17H2,(H2,18,21)(H,19,20)/b13-3-,16-4?. The first-order valence-corrected chi connectivity index (χ1v) is 6.35. The number of nitrogens with zero attached hydrogens (tertiary/aromatic N) is 2. The van der Waals surface area contributed by atoms with Gasteiger partial charge in [0.05, 0.1) is 11.7 Å². The minimum atomic E-state index is 0.436. The second-order valence-electron chi connectivity index (χ2n) is 4.60. The van der Waals surface area contributed by atoms with Crippen LogP contribution >= 0.6 is 0 Å². The molecule has 0 bridgehead atoms. The van der Waals surface area contributed by atoms with Crippen LogP contribution in [0.1, 0.15) is 5.56 Å². The first-order valence-electron chi connectivity index (χ1n) is 6.35. The summed E-state index contributed by atoms with van der Waals surface area (Å²) in [5.41, 5.74) is 15.8. The smallest absolute Gasteiger partial charge is 0.124 e. The van der Waals surface area contributed by atoms with Crippen LogP contribution in [0.25, 0.3) is 27.7 Å².